The molecule has 188 valence electrons. The molecule has 2 aliphatic carbocycles. The molecule has 1 heterocycles. The van der Waals surface area contributed by atoms with Crippen LogP contribution in [0.2, 0.25) is 0 Å². The Morgan fingerprint density at radius 3 is 2.41 bits per heavy atom. The van der Waals surface area contributed by atoms with E-state index < -0.39 is 35.6 Å². The Balaban J connectivity index is 1.62. The first-order valence-electron chi connectivity index (χ1n) is 11.6. The Bertz CT molecular complexity index is 835. The first-order valence-corrected chi connectivity index (χ1v) is 11.6. The van der Waals surface area contributed by atoms with Crippen molar-refractivity contribution in [1.29, 1.82) is 0 Å². The molecule has 34 heavy (non-hydrogen) atoms. The van der Waals surface area contributed by atoms with Crippen LogP contribution in [0.25, 0.3) is 0 Å². The number of aliphatic carboxylic acids is 2. The topological polar surface area (TPSA) is 154 Å². The third-order valence-electron chi connectivity index (χ3n) is 6.97. The van der Waals surface area contributed by atoms with E-state index in [1.54, 1.807) is 4.90 Å². The van der Waals surface area contributed by atoms with E-state index in [0.717, 1.165) is 25.7 Å². The summed E-state index contributed by atoms with van der Waals surface area (Å²) in [5.41, 5.74) is -1.12. The molecule has 11 heteroatoms. The van der Waals surface area contributed by atoms with Crippen LogP contribution < -0.4 is 10.6 Å². The average Bonchev–Trinajstić information content (AvgIpc) is 3.40. The number of carbonyl (C=O) groups excluding carboxylic acids is 2. The van der Waals surface area contributed by atoms with E-state index in [1.165, 1.54) is 6.92 Å². The number of rotatable bonds is 10. The molecule has 0 bridgehead atoms. The van der Waals surface area contributed by atoms with Crippen molar-refractivity contribution in [2.45, 2.75) is 50.6 Å². The van der Waals surface area contributed by atoms with Crippen molar-refractivity contribution in [2.75, 3.05) is 39.4 Å². The van der Waals surface area contributed by atoms with Gasteiger partial charge in [0.05, 0.1) is 18.7 Å². The molecule has 1 saturated heterocycles. The minimum atomic E-state index is -1.36. The van der Waals surface area contributed by atoms with Crippen LogP contribution in [-0.4, -0.2) is 90.1 Å². The molecule has 2 fully saturated rings. The maximum atomic E-state index is 12.5. The highest BCUT2D eigenvalue weighted by molar-refractivity contribution is 5.80. The summed E-state index contributed by atoms with van der Waals surface area (Å²) in [5.74, 6) is 4.56. The van der Waals surface area contributed by atoms with Crippen molar-refractivity contribution >= 4 is 24.0 Å². The van der Waals surface area contributed by atoms with E-state index in [4.69, 9.17) is 9.47 Å². The van der Waals surface area contributed by atoms with E-state index in [1.807, 2.05) is 0 Å². The van der Waals surface area contributed by atoms with Crippen molar-refractivity contribution in [3.8, 4) is 11.8 Å². The molecular formula is C23H33N3O8. The van der Waals surface area contributed by atoms with Gasteiger partial charge in [-0.15, -0.1) is 11.8 Å². The Labute approximate surface area is 198 Å². The Hall–Kier alpha value is -2.84. The summed E-state index contributed by atoms with van der Waals surface area (Å²) in [4.78, 5) is 48.9. The van der Waals surface area contributed by atoms with Gasteiger partial charge in [0.1, 0.15) is 12.6 Å². The molecule has 0 aromatic heterocycles. The third kappa shape index (κ3) is 6.84. The second-order valence-corrected chi connectivity index (χ2v) is 9.26. The van der Waals surface area contributed by atoms with Gasteiger partial charge < -0.3 is 30.3 Å². The second kappa shape index (κ2) is 11.5. The third-order valence-corrected chi connectivity index (χ3v) is 6.97. The van der Waals surface area contributed by atoms with Crippen LogP contribution in [-0.2, 0) is 23.9 Å². The van der Waals surface area contributed by atoms with Gasteiger partial charge in [0, 0.05) is 45.8 Å². The van der Waals surface area contributed by atoms with Gasteiger partial charge in [0.25, 0.3) is 0 Å². The first-order chi connectivity index (χ1) is 16.2. The van der Waals surface area contributed by atoms with Crippen LogP contribution in [0.5, 0.6) is 0 Å². The van der Waals surface area contributed by atoms with Crippen molar-refractivity contribution in [3.63, 3.8) is 0 Å². The van der Waals surface area contributed by atoms with Crippen LogP contribution >= 0.6 is 0 Å². The number of carbonyl (C=O) groups is 4. The number of carboxylic acid groups (broad SMARTS) is 2. The summed E-state index contributed by atoms with van der Waals surface area (Å²) in [6, 6.07) is -1.36. The van der Waals surface area contributed by atoms with E-state index in [2.05, 4.69) is 22.5 Å². The van der Waals surface area contributed by atoms with E-state index in [-0.39, 0.29) is 38.6 Å². The number of hydrogen-bond donors (Lipinski definition) is 4. The van der Waals surface area contributed by atoms with Crippen molar-refractivity contribution in [3.05, 3.63) is 0 Å². The van der Waals surface area contributed by atoms with Crippen LogP contribution in [0, 0.1) is 29.6 Å². The molecule has 4 N–H and O–H groups in total. The summed E-state index contributed by atoms with van der Waals surface area (Å²) in [5, 5.41) is 24.6. The summed E-state index contributed by atoms with van der Waals surface area (Å²) >= 11 is 0. The SMILES string of the molecule is CC(=O)OCC1(CC(NC(=O)OCC2C3CCC#CCCC32)C(=O)O)CNCCN1CC(=O)O. The molecule has 3 aliphatic rings. The number of amides is 1. The highest BCUT2D eigenvalue weighted by atomic mass is 16.6. The Morgan fingerprint density at radius 2 is 1.82 bits per heavy atom. The molecule has 1 aliphatic heterocycles. The summed E-state index contributed by atoms with van der Waals surface area (Å²) in [6.07, 6.45) is 2.65. The molecule has 0 aromatic rings. The summed E-state index contributed by atoms with van der Waals surface area (Å²) in [6.45, 7) is 1.89. The number of esters is 1. The zero-order valence-corrected chi connectivity index (χ0v) is 19.4. The van der Waals surface area contributed by atoms with Gasteiger partial charge >= 0.3 is 24.0 Å². The van der Waals surface area contributed by atoms with Crippen molar-refractivity contribution in [2.24, 2.45) is 17.8 Å². The zero-order valence-electron chi connectivity index (χ0n) is 19.4. The lowest BCUT2D eigenvalue weighted by Gasteiger charge is -2.47. The van der Waals surface area contributed by atoms with Gasteiger partial charge in [0.15, 0.2) is 0 Å². The van der Waals surface area contributed by atoms with E-state index in [9.17, 15) is 29.4 Å². The van der Waals surface area contributed by atoms with Gasteiger partial charge in [-0.05, 0) is 30.6 Å². The van der Waals surface area contributed by atoms with Gasteiger partial charge in [-0.3, -0.25) is 14.5 Å². The van der Waals surface area contributed by atoms with Crippen molar-refractivity contribution < 1.29 is 38.9 Å². The highest BCUT2D eigenvalue weighted by Gasteiger charge is 2.49. The number of piperazine rings is 1. The molecule has 0 radical (unpaired) electrons. The lowest BCUT2D eigenvalue weighted by atomic mass is 9.87. The maximum absolute atomic E-state index is 12.5. The van der Waals surface area contributed by atoms with Gasteiger partial charge in [-0.1, -0.05) is 0 Å². The van der Waals surface area contributed by atoms with E-state index >= 15 is 0 Å². The number of ether oxygens (including phenoxy) is 2. The minimum absolute atomic E-state index is 0.170. The second-order valence-electron chi connectivity index (χ2n) is 9.26. The van der Waals surface area contributed by atoms with E-state index in [0.29, 0.717) is 24.9 Å². The fraction of sp³-hybridized carbons (Fsp3) is 0.739. The lowest BCUT2D eigenvalue weighted by Crippen LogP contribution is -2.67. The van der Waals surface area contributed by atoms with Gasteiger partial charge in [-0.2, -0.15) is 0 Å². The molecule has 11 nitrogen and oxygen atoms in total. The monoisotopic (exact) mass is 479 g/mol. The predicted molar refractivity (Wildman–Crippen MR) is 119 cm³/mol. The average molecular weight is 480 g/mol. The van der Waals surface area contributed by atoms with Crippen LogP contribution in [0.3, 0.4) is 0 Å². The largest absolute Gasteiger partial charge is 0.480 e. The quantitative estimate of drug-likeness (QED) is 0.254. The normalized spacial score (nSPS) is 29.1. The number of nitrogens with one attached hydrogen (secondary N) is 2. The number of carboxylic acids is 2. The van der Waals surface area contributed by atoms with Crippen molar-refractivity contribution in [1.82, 2.24) is 15.5 Å². The number of nitrogens with zero attached hydrogens (tertiary/aromatic N) is 1. The fourth-order valence-electron chi connectivity index (χ4n) is 5.15. The van der Waals surface area contributed by atoms with Crippen LogP contribution in [0.1, 0.15) is 39.0 Å². The van der Waals surface area contributed by atoms with Gasteiger partial charge in [0.2, 0.25) is 0 Å². The summed E-state index contributed by atoms with van der Waals surface area (Å²) in [7, 11) is 0. The predicted octanol–water partition coefficient (Wildman–Crippen LogP) is 0.287. The number of alkyl carbamates (subject to hydrolysis) is 1. The van der Waals surface area contributed by atoms with Gasteiger partial charge in [-0.25, -0.2) is 9.59 Å². The molecular weight excluding hydrogens is 446 g/mol. The van der Waals surface area contributed by atoms with Crippen LogP contribution in [0.4, 0.5) is 4.79 Å². The molecule has 4 atom stereocenters. The Morgan fingerprint density at radius 1 is 1.15 bits per heavy atom. The fourth-order valence-corrected chi connectivity index (χ4v) is 5.15. The molecule has 0 aromatic carbocycles. The number of hydrogen-bond acceptors (Lipinski definition) is 8. The maximum Gasteiger partial charge on any atom is 0.407 e. The lowest BCUT2D eigenvalue weighted by molar-refractivity contribution is -0.150. The summed E-state index contributed by atoms with van der Waals surface area (Å²) < 4.78 is 10.6. The molecule has 1 amide bonds. The molecule has 4 unspecified atom stereocenters. The highest BCUT2D eigenvalue weighted by Crippen LogP contribution is 2.52. The molecule has 1 saturated carbocycles. The smallest absolute Gasteiger partial charge is 0.407 e. The standard InChI is InChI=1S/C23H33N3O8/c1-15(27)34-14-23(13-24-8-9-26(23)11-20(28)29)10-19(21(30)31)25-22(32)33-12-18-16-6-4-2-3-5-7-17(16)18/h16-19,24H,4-14H2,1H3,(H,25,32)(H,28,29)(H,30,31). The first kappa shape index (κ1) is 25.8. The van der Waals surface area contributed by atoms with Crippen LogP contribution in [0.15, 0.2) is 0 Å². The Kier molecular flexibility index (Phi) is 8.74. The molecule has 3 rings (SSSR count). The minimum Gasteiger partial charge on any atom is -0.480 e. The number of fused-ring (bicyclic) bond motifs is 1. The molecule has 0 spiro atoms. The zero-order chi connectivity index (χ0) is 24.7.